The first-order valence-electron chi connectivity index (χ1n) is 8.82. The van der Waals surface area contributed by atoms with Crippen molar-refractivity contribution in [3.63, 3.8) is 0 Å². The Hall–Kier alpha value is -3.22. The van der Waals surface area contributed by atoms with E-state index in [1.165, 1.54) is 0 Å². The molecule has 0 bridgehead atoms. The van der Waals surface area contributed by atoms with Crippen molar-refractivity contribution in [2.75, 3.05) is 45.2 Å². The van der Waals surface area contributed by atoms with Crippen LogP contribution < -0.4 is 14.8 Å². The molecule has 7 heteroatoms. The standard InChI is InChI=1S/C20H23N3O4/c1-26-17-9-5-6-10-18(17)27-15-19(24)22-11-13-23(14-12-22)20(25)21-16-7-3-2-4-8-16/h2-10H,11-15H2,1H3,(H,21,25). The predicted molar refractivity (Wildman–Crippen MR) is 102 cm³/mol. The molecule has 0 aliphatic carbocycles. The Kier molecular flexibility index (Phi) is 6.14. The van der Waals surface area contributed by atoms with Gasteiger partial charge in [0, 0.05) is 31.9 Å². The van der Waals surface area contributed by atoms with Gasteiger partial charge in [0.25, 0.3) is 5.91 Å². The summed E-state index contributed by atoms with van der Waals surface area (Å²) in [6.45, 7) is 1.88. The van der Waals surface area contributed by atoms with Gasteiger partial charge in [-0.15, -0.1) is 0 Å². The summed E-state index contributed by atoms with van der Waals surface area (Å²) in [4.78, 5) is 28.1. The van der Waals surface area contributed by atoms with Crippen molar-refractivity contribution in [2.24, 2.45) is 0 Å². The number of carbonyl (C=O) groups is 2. The molecular formula is C20H23N3O4. The second-order valence-corrected chi connectivity index (χ2v) is 6.10. The van der Waals surface area contributed by atoms with Gasteiger partial charge < -0.3 is 24.6 Å². The molecule has 0 aromatic heterocycles. The number of nitrogens with one attached hydrogen (secondary N) is 1. The van der Waals surface area contributed by atoms with Gasteiger partial charge in [0.1, 0.15) is 0 Å². The number of urea groups is 1. The van der Waals surface area contributed by atoms with Crippen LogP contribution in [0.15, 0.2) is 54.6 Å². The lowest BCUT2D eigenvalue weighted by molar-refractivity contribution is -0.134. The average Bonchev–Trinajstić information content (AvgIpc) is 2.73. The Morgan fingerprint density at radius 3 is 2.15 bits per heavy atom. The van der Waals surface area contributed by atoms with Gasteiger partial charge in [-0.05, 0) is 24.3 Å². The van der Waals surface area contributed by atoms with Gasteiger partial charge in [-0.3, -0.25) is 4.79 Å². The summed E-state index contributed by atoms with van der Waals surface area (Å²) in [5.41, 5.74) is 0.756. The highest BCUT2D eigenvalue weighted by Gasteiger charge is 2.24. The molecule has 0 radical (unpaired) electrons. The van der Waals surface area contributed by atoms with Gasteiger partial charge in [0.15, 0.2) is 18.1 Å². The van der Waals surface area contributed by atoms with Crippen molar-refractivity contribution in [2.45, 2.75) is 0 Å². The number of piperazine rings is 1. The molecule has 3 rings (SSSR count). The summed E-state index contributed by atoms with van der Waals surface area (Å²) in [6.07, 6.45) is 0. The van der Waals surface area contributed by atoms with E-state index in [1.54, 1.807) is 29.0 Å². The maximum Gasteiger partial charge on any atom is 0.321 e. The fourth-order valence-electron chi connectivity index (χ4n) is 2.85. The van der Waals surface area contributed by atoms with Gasteiger partial charge in [-0.1, -0.05) is 30.3 Å². The number of ether oxygens (including phenoxy) is 2. The van der Waals surface area contributed by atoms with E-state index in [0.717, 1.165) is 5.69 Å². The Morgan fingerprint density at radius 2 is 1.48 bits per heavy atom. The zero-order valence-corrected chi connectivity index (χ0v) is 15.3. The monoisotopic (exact) mass is 369 g/mol. The molecule has 0 spiro atoms. The van der Waals surface area contributed by atoms with Crippen LogP contribution in [-0.4, -0.2) is 61.6 Å². The number of nitrogens with zero attached hydrogens (tertiary/aromatic N) is 2. The van der Waals surface area contributed by atoms with E-state index < -0.39 is 0 Å². The second-order valence-electron chi connectivity index (χ2n) is 6.10. The van der Waals surface area contributed by atoms with Gasteiger partial charge >= 0.3 is 6.03 Å². The first-order valence-corrected chi connectivity index (χ1v) is 8.82. The molecule has 1 aliphatic heterocycles. The highest BCUT2D eigenvalue weighted by atomic mass is 16.5. The predicted octanol–water partition coefficient (Wildman–Crippen LogP) is 2.45. The largest absolute Gasteiger partial charge is 0.493 e. The molecule has 3 amide bonds. The molecule has 2 aromatic carbocycles. The minimum absolute atomic E-state index is 0.0589. The quantitative estimate of drug-likeness (QED) is 0.879. The number of hydrogen-bond acceptors (Lipinski definition) is 4. The summed E-state index contributed by atoms with van der Waals surface area (Å²) >= 11 is 0. The van der Waals surface area contributed by atoms with E-state index in [1.807, 2.05) is 42.5 Å². The van der Waals surface area contributed by atoms with Crippen molar-refractivity contribution in [3.8, 4) is 11.5 Å². The molecular weight excluding hydrogens is 346 g/mol. The number of carbonyl (C=O) groups excluding carboxylic acids is 2. The SMILES string of the molecule is COc1ccccc1OCC(=O)N1CCN(C(=O)Nc2ccccc2)CC1. The second kappa shape index (κ2) is 8.93. The van der Waals surface area contributed by atoms with Crippen LogP contribution in [0, 0.1) is 0 Å². The summed E-state index contributed by atoms with van der Waals surface area (Å²) < 4.78 is 10.8. The Balaban J connectivity index is 1.45. The molecule has 27 heavy (non-hydrogen) atoms. The van der Waals surface area contributed by atoms with Crippen molar-refractivity contribution in [3.05, 3.63) is 54.6 Å². The van der Waals surface area contributed by atoms with Crippen LogP contribution in [-0.2, 0) is 4.79 Å². The van der Waals surface area contributed by atoms with Gasteiger partial charge in [0.05, 0.1) is 7.11 Å². The smallest absolute Gasteiger partial charge is 0.321 e. The molecule has 0 atom stereocenters. The summed E-state index contributed by atoms with van der Waals surface area (Å²) in [6, 6.07) is 16.4. The lowest BCUT2D eigenvalue weighted by Gasteiger charge is -2.34. The zero-order valence-electron chi connectivity index (χ0n) is 15.3. The van der Waals surface area contributed by atoms with Crippen molar-refractivity contribution < 1.29 is 19.1 Å². The highest BCUT2D eigenvalue weighted by Crippen LogP contribution is 2.25. The molecule has 1 aliphatic rings. The van der Waals surface area contributed by atoms with Crippen LogP contribution in [0.1, 0.15) is 0 Å². The summed E-state index contributed by atoms with van der Waals surface area (Å²) in [5.74, 6) is 1.02. The Labute approximate surface area is 158 Å². The first kappa shape index (κ1) is 18.6. The lowest BCUT2D eigenvalue weighted by Crippen LogP contribution is -2.52. The summed E-state index contributed by atoms with van der Waals surface area (Å²) in [5, 5.41) is 2.86. The van der Waals surface area contributed by atoms with E-state index in [-0.39, 0.29) is 18.5 Å². The normalized spacial score (nSPS) is 13.8. The fourth-order valence-corrected chi connectivity index (χ4v) is 2.85. The van der Waals surface area contributed by atoms with Crippen LogP contribution in [0.3, 0.4) is 0 Å². The third kappa shape index (κ3) is 4.91. The van der Waals surface area contributed by atoms with E-state index in [2.05, 4.69) is 5.32 Å². The molecule has 0 saturated carbocycles. The molecule has 2 aromatic rings. The van der Waals surface area contributed by atoms with Crippen LogP contribution in [0.4, 0.5) is 10.5 Å². The molecule has 142 valence electrons. The summed E-state index contributed by atoms with van der Waals surface area (Å²) in [7, 11) is 1.56. The van der Waals surface area contributed by atoms with Gasteiger partial charge in [-0.2, -0.15) is 0 Å². The molecule has 1 saturated heterocycles. The number of amides is 3. The molecule has 0 unspecified atom stereocenters. The number of hydrogen-bond donors (Lipinski definition) is 1. The maximum atomic E-state index is 12.4. The molecule has 1 heterocycles. The van der Waals surface area contributed by atoms with Crippen molar-refractivity contribution >= 4 is 17.6 Å². The van der Waals surface area contributed by atoms with E-state index in [4.69, 9.17) is 9.47 Å². The third-order valence-corrected chi connectivity index (χ3v) is 4.36. The van der Waals surface area contributed by atoms with Crippen LogP contribution in [0.5, 0.6) is 11.5 Å². The fraction of sp³-hybridized carbons (Fsp3) is 0.300. The topological polar surface area (TPSA) is 71.1 Å². The van der Waals surface area contributed by atoms with Crippen LogP contribution >= 0.6 is 0 Å². The van der Waals surface area contributed by atoms with Crippen LogP contribution in [0.25, 0.3) is 0 Å². The third-order valence-electron chi connectivity index (χ3n) is 4.36. The highest BCUT2D eigenvalue weighted by molar-refractivity contribution is 5.89. The van der Waals surface area contributed by atoms with Crippen LogP contribution in [0.2, 0.25) is 0 Å². The van der Waals surface area contributed by atoms with Gasteiger partial charge in [0.2, 0.25) is 0 Å². The lowest BCUT2D eigenvalue weighted by atomic mass is 10.3. The first-order chi connectivity index (χ1) is 13.2. The molecule has 1 N–H and O–H groups in total. The Morgan fingerprint density at radius 1 is 0.889 bits per heavy atom. The van der Waals surface area contributed by atoms with E-state index >= 15 is 0 Å². The Bertz CT molecular complexity index is 774. The minimum Gasteiger partial charge on any atom is -0.493 e. The number of rotatable bonds is 5. The maximum absolute atomic E-state index is 12.4. The zero-order chi connectivity index (χ0) is 19.1. The number of anilines is 1. The molecule has 1 fully saturated rings. The molecule has 7 nitrogen and oxygen atoms in total. The van der Waals surface area contributed by atoms with E-state index in [0.29, 0.717) is 37.7 Å². The van der Waals surface area contributed by atoms with Crippen molar-refractivity contribution in [1.82, 2.24) is 9.80 Å². The van der Waals surface area contributed by atoms with Gasteiger partial charge in [-0.25, -0.2) is 4.79 Å². The number of para-hydroxylation sites is 3. The number of methoxy groups -OCH3 is 1. The van der Waals surface area contributed by atoms with E-state index in [9.17, 15) is 9.59 Å². The number of benzene rings is 2. The average molecular weight is 369 g/mol. The minimum atomic E-state index is -0.154. The van der Waals surface area contributed by atoms with Crippen molar-refractivity contribution in [1.29, 1.82) is 0 Å².